The summed E-state index contributed by atoms with van der Waals surface area (Å²) in [6, 6.07) is 1.72. The van der Waals surface area contributed by atoms with Crippen LogP contribution in [-0.4, -0.2) is 65.5 Å². The topological polar surface area (TPSA) is 82.0 Å². The van der Waals surface area contributed by atoms with Gasteiger partial charge in [0.1, 0.15) is 0 Å². The number of nitrogens with one attached hydrogen (secondary N) is 2. The monoisotopic (exact) mass is 526 g/mol. The number of aliphatic imine (C=N–C) groups is 1. The first-order chi connectivity index (χ1) is 11.4. The minimum absolute atomic E-state index is 0. The van der Waals surface area contributed by atoms with Crippen LogP contribution in [0.4, 0.5) is 4.79 Å². The Balaban J connectivity index is 0.00000312. The van der Waals surface area contributed by atoms with E-state index in [9.17, 15) is 9.59 Å². The SMILES string of the molecule is CCNC(=NCCN1C(=O)CNC1=O)N(C)Cc1cc(Br)cn1C.I. The van der Waals surface area contributed by atoms with Crippen LogP contribution in [0.1, 0.15) is 12.6 Å². The van der Waals surface area contributed by atoms with Gasteiger partial charge in [0.25, 0.3) is 0 Å². The van der Waals surface area contributed by atoms with Crippen LogP contribution in [0.15, 0.2) is 21.7 Å². The second kappa shape index (κ2) is 10.00. The zero-order chi connectivity index (χ0) is 17.7. The first-order valence-electron chi connectivity index (χ1n) is 7.80. The summed E-state index contributed by atoms with van der Waals surface area (Å²) in [4.78, 5) is 30.8. The van der Waals surface area contributed by atoms with Gasteiger partial charge in [0.05, 0.1) is 26.2 Å². The largest absolute Gasteiger partial charge is 0.357 e. The molecule has 1 fully saturated rings. The van der Waals surface area contributed by atoms with E-state index in [1.165, 1.54) is 4.90 Å². The highest BCUT2D eigenvalue weighted by molar-refractivity contribution is 14.0. The van der Waals surface area contributed by atoms with Gasteiger partial charge >= 0.3 is 6.03 Å². The third-order valence-corrected chi connectivity index (χ3v) is 4.13. The van der Waals surface area contributed by atoms with Crippen LogP contribution in [0, 0.1) is 0 Å². The fourth-order valence-corrected chi connectivity index (χ4v) is 3.02. The molecule has 1 aromatic heterocycles. The average Bonchev–Trinajstić information content (AvgIpc) is 3.01. The van der Waals surface area contributed by atoms with Crippen molar-refractivity contribution in [3.8, 4) is 0 Å². The number of amides is 3. The second-order valence-electron chi connectivity index (χ2n) is 5.56. The smallest absolute Gasteiger partial charge is 0.324 e. The Bertz CT molecular complexity index is 632. The lowest BCUT2D eigenvalue weighted by Gasteiger charge is -2.22. The van der Waals surface area contributed by atoms with E-state index in [0.29, 0.717) is 13.1 Å². The van der Waals surface area contributed by atoms with E-state index in [2.05, 4.69) is 42.2 Å². The van der Waals surface area contributed by atoms with Crippen molar-refractivity contribution in [1.82, 2.24) is 25.0 Å². The quantitative estimate of drug-likeness (QED) is 0.254. The summed E-state index contributed by atoms with van der Waals surface area (Å²) in [5.74, 6) is 0.532. The Morgan fingerprint density at radius 3 is 2.72 bits per heavy atom. The number of guanidine groups is 1. The molecular formula is C15H24BrIN6O2. The normalized spacial score (nSPS) is 14.4. The van der Waals surface area contributed by atoms with Crippen molar-refractivity contribution in [1.29, 1.82) is 0 Å². The molecule has 0 unspecified atom stereocenters. The fraction of sp³-hybridized carbons (Fsp3) is 0.533. The third kappa shape index (κ3) is 5.87. The standard InChI is InChI=1S/C15H23BrN6O2.HI/c1-4-17-14(18-5-6-22-13(23)8-19-15(22)24)21(3)10-12-7-11(16)9-20(12)2;/h7,9H,4-6,8,10H2,1-3H3,(H,17,18)(H,19,24);1H. The van der Waals surface area contributed by atoms with Gasteiger partial charge in [0, 0.05) is 37.0 Å². The molecule has 0 bridgehead atoms. The molecule has 0 radical (unpaired) electrons. The number of carbonyl (C=O) groups excluding carboxylic acids is 2. The molecule has 0 spiro atoms. The summed E-state index contributed by atoms with van der Waals surface area (Å²) in [6.45, 7) is 4.15. The molecule has 1 aromatic rings. The predicted molar refractivity (Wildman–Crippen MR) is 111 cm³/mol. The molecule has 0 saturated carbocycles. The number of carbonyl (C=O) groups is 2. The summed E-state index contributed by atoms with van der Waals surface area (Å²) in [5, 5.41) is 5.73. The van der Waals surface area contributed by atoms with Crippen molar-refractivity contribution in [3.05, 3.63) is 22.4 Å². The molecule has 2 heterocycles. The number of hydrogen-bond donors (Lipinski definition) is 2. The summed E-state index contributed by atoms with van der Waals surface area (Å²) in [5.41, 5.74) is 1.14. The molecule has 0 aliphatic carbocycles. The molecule has 0 aromatic carbocycles. The summed E-state index contributed by atoms with van der Waals surface area (Å²) >= 11 is 3.47. The molecule has 3 amide bonds. The Labute approximate surface area is 173 Å². The van der Waals surface area contributed by atoms with Gasteiger partial charge in [0.2, 0.25) is 5.91 Å². The molecule has 2 N–H and O–H groups in total. The van der Waals surface area contributed by atoms with E-state index in [1.54, 1.807) is 0 Å². The van der Waals surface area contributed by atoms with Gasteiger partial charge in [-0.15, -0.1) is 24.0 Å². The van der Waals surface area contributed by atoms with Crippen molar-refractivity contribution in [3.63, 3.8) is 0 Å². The second-order valence-corrected chi connectivity index (χ2v) is 6.47. The Hall–Kier alpha value is -1.30. The van der Waals surface area contributed by atoms with E-state index < -0.39 is 0 Å². The first kappa shape index (κ1) is 21.7. The maximum Gasteiger partial charge on any atom is 0.324 e. The molecule has 2 rings (SSSR count). The van der Waals surface area contributed by atoms with E-state index in [-0.39, 0.29) is 49.0 Å². The number of halogens is 2. The number of urea groups is 1. The summed E-state index contributed by atoms with van der Waals surface area (Å²) in [7, 11) is 3.95. The molecule has 25 heavy (non-hydrogen) atoms. The maximum absolute atomic E-state index is 11.6. The van der Waals surface area contributed by atoms with Crippen LogP contribution in [0.25, 0.3) is 0 Å². The van der Waals surface area contributed by atoms with Crippen molar-refractivity contribution < 1.29 is 9.59 Å². The minimum Gasteiger partial charge on any atom is -0.357 e. The number of aromatic nitrogens is 1. The fourth-order valence-electron chi connectivity index (χ4n) is 2.45. The van der Waals surface area contributed by atoms with E-state index in [0.717, 1.165) is 22.7 Å². The lowest BCUT2D eigenvalue weighted by molar-refractivity contribution is -0.124. The summed E-state index contributed by atoms with van der Waals surface area (Å²) < 4.78 is 3.09. The highest BCUT2D eigenvalue weighted by atomic mass is 127. The first-order valence-corrected chi connectivity index (χ1v) is 8.60. The molecular weight excluding hydrogens is 503 g/mol. The minimum atomic E-state index is -0.345. The highest BCUT2D eigenvalue weighted by Gasteiger charge is 2.27. The maximum atomic E-state index is 11.6. The van der Waals surface area contributed by atoms with Gasteiger partial charge in [-0.2, -0.15) is 0 Å². The molecule has 8 nitrogen and oxygen atoms in total. The van der Waals surface area contributed by atoms with Crippen LogP contribution in [-0.2, 0) is 18.4 Å². The molecule has 10 heteroatoms. The van der Waals surface area contributed by atoms with Crippen LogP contribution in [0.2, 0.25) is 0 Å². The lowest BCUT2D eigenvalue weighted by atomic mass is 10.4. The summed E-state index contributed by atoms with van der Waals surface area (Å²) in [6.07, 6.45) is 2.00. The Morgan fingerprint density at radius 2 is 2.20 bits per heavy atom. The van der Waals surface area contributed by atoms with Gasteiger partial charge in [-0.1, -0.05) is 0 Å². The highest BCUT2D eigenvalue weighted by Crippen LogP contribution is 2.15. The van der Waals surface area contributed by atoms with Crippen LogP contribution in [0.3, 0.4) is 0 Å². The van der Waals surface area contributed by atoms with Crippen LogP contribution < -0.4 is 10.6 Å². The van der Waals surface area contributed by atoms with Gasteiger partial charge in [-0.3, -0.25) is 14.7 Å². The third-order valence-electron chi connectivity index (χ3n) is 3.69. The Morgan fingerprint density at radius 1 is 1.48 bits per heavy atom. The van der Waals surface area contributed by atoms with Gasteiger partial charge in [-0.05, 0) is 28.9 Å². The molecule has 0 atom stereocenters. The molecule has 1 aliphatic rings. The van der Waals surface area contributed by atoms with Gasteiger partial charge < -0.3 is 20.1 Å². The van der Waals surface area contributed by atoms with E-state index >= 15 is 0 Å². The van der Waals surface area contributed by atoms with Crippen molar-refractivity contribution in [2.45, 2.75) is 13.5 Å². The van der Waals surface area contributed by atoms with Crippen molar-refractivity contribution in [2.24, 2.45) is 12.0 Å². The van der Waals surface area contributed by atoms with E-state index in [1.807, 2.05) is 32.1 Å². The molecule has 1 saturated heterocycles. The van der Waals surface area contributed by atoms with Crippen LogP contribution in [0.5, 0.6) is 0 Å². The zero-order valence-corrected chi connectivity index (χ0v) is 18.5. The predicted octanol–water partition coefficient (Wildman–Crippen LogP) is 1.35. The Kier molecular flexibility index (Phi) is 8.69. The average molecular weight is 527 g/mol. The van der Waals surface area contributed by atoms with Crippen molar-refractivity contribution >= 4 is 57.8 Å². The number of rotatable bonds is 6. The molecule has 140 valence electrons. The number of aryl methyl sites for hydroxylation is 1. The zero-order valence-electron chi connectivity index (χ0n) is 14.6. The molecule has 1 aliphatic heterocycles. The number of imide groups is 1. The van der Waals surface area contributed by atoms with Crippen LogP contribution >= 0.6 is 39.9 Å². The number of nitrogens with zero attached hydrogens (tertiary/aromatic N) is 4. The number of hydrogen-bond acceptors (Lipinski definition) is 3. The van der Waals surface area contributed by atoms with Crippen molar-refractivity contribution in [2.75, 3.05) is 33.2 Å². The van der Waals surface area contributed by atoms with Gasteiger partial charge in [0.15, 0.2) is 5.96 Å². The van der Waals surface area contributed by atoms with Gasteiger partial charge in [-0.25, -0.2) is 4.79 Å². The lowest BCUT2D eigenvalue weighted by Crippen LogP contribution is -2.40. The van der Waals surface area contributed by atoms with E-state index in [4.69, 9.17) is 0 Å².